The molecular formula is C21H19FN4O2S. The Morgan fingerprint density at radius 1 is 1.31 bits per heavy atom. The first-order valence-corrected chi connectivity index (χ1v) is 9.58. The summed E-state index contributed by atoms with van der Waals surface area (Å²) in [6, 6.07) is 11.0. The molecular weight excluding hydrogens is 391 g/mol. The van der Waals surface area contributed by atoms with Crippen molar-refractivity contribution in [3.8, 4) is 22.3 Å². The van der Waals surface area contributed by atoms with Crippen molar-refractivity contribution in [2.24, 2.45) is 0 Å². The van der Waals surface area contributed by atoms with E-state index in [9.17, 15) is 14.3 Å². The molecule has 0 spiro atoms. The second kappa shape index (κ2) is 8.82. The maximum Gasteiger partial charge on any atom is 0.254 e. The van der Waals surface area contributed by atoms with Gasteiger partial charge in [-0.3, -0.25) is 4.79 Å². The maximum atomic E-state index is 14.6. The molecule has 3 aromatic rings. The zero-order valence-corrected chi connectivity index (χ0v) is 16.8. The smallest absolute Gasteiger partial charge is 0.254 e. The van der Waals surface area contributed by atoms with Crippen LogP contribution in [-0.2, 0) is 13.1 Å². The van der Waals surface area contributed by atoms with Crippen LogP contribution in [0.5, 0.6) is 5.75 Å². The summed E-state index contributed by atoms with van der Waals surface area (Å²) in [4.78, 5) is 19.2. The molecule has 1 aromatic heterocycles. The Morgan fingerprint density at radius 2 is 2.03 bits per heavy atom. The Labute approximate surface area is 171 Å². The van der Waals surface area contributed by atoms with Gasteiger partial charge in [0.1, 0.15) is 16.6 Å². The SMILES string of the molecule is CN(C)Cc1ncc(-c2cc(F)c(C(=O)NCc3ccc(C#N)cc3)cc2O)s1. The number of hydrogen-bond acceptors (Lipinski definition) is 6. The average molecular weight is 410 g/mol. The van der Waals surface area contributed by atoms with Crippen molar-refractivity contribution < 1.29 is 14.3 Å². The van der Waals surface area contributed by atoms with Gasteiger partial charge < -0.3 is 15.3 Å². The standard InChI is InChI=1S/C21H19FN4O2S/c1-26(2)12-20-24-11-19(29-20)16-7-17(22)15(8-18(16)27)21(28)25-10-14-5-3-13(9-23)4-6-14/h3-8,11,27H,10,12H2,1-2H3,(H,25,28). The molecule has 0 saturated carbocycles. The second-order valence-electron chi connectivity index (χ2n) is 6.70. The molecule has 0 aliphatic carbocycles. The van der Waals surface area contributed by atoms with Crippen molar-refractivity contribution in [1.29, 1.82) is 5.26 Å². The van der Waals surface area contributed by atoms with Gasteiger partial charge in [0.2, 0.25) is 0 Å². The fourth-order valence-corrected chi connectivity index (χ4v) is 3.75. The summed E-state index contributed by atoms with van der Waals surface area (Å²) in [6.45, 7) is 0.818. The zero-order valence-electron chi connectivity index (χ0n) is 15.9. The van der Waals surface area contributed by atoms with E-state index in [1.165, 1.54) is 11.3 Å². The van der Waals surface area contributed by atoms with Gasteiger partial charge in [0.05, 0.1) is 22.1 Å². The third-order valence-corrected chi connectivity index (χ3v) is 5.15. The van der Waals surface area contributed by atoms with Gasteiger partial charge in [0.15, 0.2) is 0 Å². The van der Waals surface area contributed by atoms with Crippen LogP contribution in [0.1, 0.15) is 26.5 Å². The molecule has 2 aromatic carbocycles. The van der Waals surface area contributed by atoms with E-state index in [0.29, 0.717) is 22.5 Å². The normalized spacial score (nSPS) is 10.7. The first kappa shape index (κ1) is 20.5. The van der Waals surface area contributed by atoms with Gasteiger partial charge in [-0.2, -0.15) is 5.26 Å². The van der Waals surface area contributed by atoms with Crippen molar-refractivity contribution >= 4 is 17.2 Å². The number of carbonyl (C=O) groups is 1. The molecule has 1 heterocycles. The predicted octanol–water partition coefficient (Wildman–Crippen LogP) is 3.52. The zero-order chi connectivity index (χ0) is 21.0. The van der Waals surface area contributed by atoms with Gasteiger partial charge >= 0.3 is 0 Å². The van der Waals surface area contributed by atoms with Crippen LogP contribution in [0.3, 0.4) is 0 Å². The van der Waals surface area contributed by atoms with E-state index in [2.05, 4.69) is 10.3 Å². The number of hydrogen-bond donors (Lipinski definition) is 2. The third-order valence-electron chi connectivity index (χ3n) is 4.14. The van der Waals surface area contributed by atoms with Crippen LogP contribution in [0.25, 0.3) is 10.4 Å². The number of thiazole rings is 1. The number of aromatic hydroxyl groups is 1. The quantitative estimate of drug-likeness (QED) is 0.649. The lowest BCUT2D eigenvalue weighted by Gasteiger charge is -2.09. The molecule has 0 fully saturated rings. The first-order valence-electron chi connectivity index (χ1n) is 8.77. The number of aromatic nitrogens is 1. The summed E-state index contributed by atoms with van der Waals surface area (Å²) in [6.07, 6.45) is 1.59. The van der Waals surface area contributed by atoms with Crippen LogP contribution >= 0.6 is 11.3 Å². The number of phenolic OH excluding ortho intramolecular Hbond substituents is 1. The van der Waals surface area contributed by atoms with Crippen molar-refractivity contribution in [1.82, 2.24) is 15.2 Å². The van der Waals surface area contributed by atoms with Gasteiger partial charge in [-0.25, -0.2) is 9.37 Å². The lowest BCUT2D eigenvalue weighted by atomic mass is 10.1. The third kappa shape index (κ3) is 4.96. The van der Waals surface area contributed by atoms with Crippen LogP contribution in [0.2, 0.25) is 0 Å². The van der Waals surface area contributed by atoms with E-state index in [1.54, 1.807) is 30.5 Å². The molecule has 0 unspecified atom stereocenters. The van der Waals surface area contributed by atoms with Crippen molar-refractivity contribution in [2.75, 3.05) is 14.1 Å². The predicted molar refractivity (Wildman–Crippen MR) is 109 cm³/mol. The maximum absolute atomic E-state index is 14.6. The number of halogens is 1. The fraction of sp³-hybridized carbons (Fsp3) is 0.190. The minimum absolute atomic E-state index is 0.176. The lowest BCUT2D eigenvalue weighted by molar-refractivity contribution is 0.0946. The molecule has 0 saturated heterocycles. The molecule has 29 heavy (non-hydrogen) atoms. The molecule has 6 nitrogen and oxygen atoms in total. The number of rotatable bonds is 6. The largest absolute Gasteiger partial charge is 0.507 e. The van der Waals surface area contributed by atoms with Crippen LogP contribution in [-0.4, -0.2) is 35.0 Å². The van der Waals surface area contributed by atoms with Gasteiger partial charge in [-0.15, -0.1) is 11.3 Å². The molecule has 148 valence electrons. The lowest BCUT2D eigenvalue weighted by Crippen LogP contribution is -2.23. The highest BCUT2D eigenvalue weighted by Gasteiger charge is 2.18. The molecule has 0 aliphatic heterocycles. The van der Waals surface area contributed by atoms with E-state index >= 15 is 0 Å². The van der Waals surface area contributed by atoms with Crippen molar-refractivity contribution in [3.05, 3.63) is 70.1 Å². The molecule has 1 amide bonds. The Morgan fingerprint density at radius 3 is 2.69 bits per heavy atom. The van der Waals surface area contributed by atoms with E-state index in [4.69, 9.17) is 5.26 Å². The molecule has 3 rings (SSSR count). The molecule has 0 atom stereocenters. The summed E-state index contributed by atoms with van der Waals surface area (Å²) in [5.74, 6) is -1.54. The van der Waals surface area contributed by atoms with E-state index < -0.39 is 11.7 Å². The number of nitrogens with zero attached hydrogens (tertiary/aromatic N) is 3. The summed E-state index contributed by atoms with van der Waals surface area (Å²) >= 11 is 1.36. The molecule has 0 aliphatic rings. The number of phenols is 1. The van der Waals surface area contributed by atoms with E-state index in [0.717, 1.165) is 22.7 Å². The number of nitrogens with one attached hydrogen (secondary N) is 1. The summed E-state index contributed by atoms with van der Waals surface area (Å²) < 4.78 is 14.6. The minimum atomic E-state index is -0.724. The average Bonchev–Trinajstić information content (AvgIpc) is 3.15. The molecule has 0 bridgehead atoms. The number of amides is 1. The summed E-state index contributed by atoms with van der Waals surface area (Å²) in [5, 5.41) is 22.6. The molecule has 0 radical (unpaired) electrons. The Balaban J connectivity index is 1.75. The Kier molecular flexibility index (Phi) is 6.22. The van der Waals surface area contributed by atoms with Gasteiger partial charge in [-0.1, -0.05) is 12.1 Å². The van der Waals surface area contributed by atoms with Crippen LogP contribution in [0.4, 0.5) is 4.39 Å². The fourth-order valence-electron chi connectivity index (χ4n) is 2.69. The Bertz CT molecular complexity index is 1070. The monoisotopic (exact) mass is 410 g/mol. The summed E-state index contributed by atoms with van der Waals surface area (Å²) in [5.41, 5.74) is 1.35. The molecule has 8 heteroatoms. The highest BCUT2D eigenvalue weighted by molar-refractivity contribution is 7.15. The van der Waals surface area contributed by atoms with E-state index in [-0.39, 0.29) is 17.9 Å². The van der Waals surface area contributed by atoms with Crippen molar-refractivity contribution in [3.63, 3.8) is 0 Å². The second-order valence-corrected chi connectivity index (χ2v) is 7.81. The van der Waals surface area contributed by atoms with Gasteiger partial charge in [-0.05, 0) is 43.9 Å². The Hall–Kier alpha value is -3.28. The highest BCUT2D eigenvalue weighted by Crippen LogP contribution is 2.35. The highest BCUT2D eigenvalue weighted by atomic mass is 32.1. The summed E-state index contributed by atoms with van der Waals surface area (Å²) in [7, 11) is 3.84. The van der Waals surface area contributed by atoms with Crippen LogP contribution < -0.4 is 5.32 Å². The number of nitriles is 1. The van der Waals surface area contributed by atoms with Gasteiger partial charge in [0.25, 0.3) is 5.91 Å². The van der Waals surface area contributed by atoms with Crippen LogP contribution in [0, 0.1) is 17.1 Å². The van der Waals surface area contributed by atoms with Crippen LogP contribution in [0.15, 0.2) is 42.6 Å². The first-order chi connectivity index (χ1) is 13.9. The minimum Gasteiger partial charge on any atom is -0.507 e. The van der Waals surface area contributed by atoms with Gasteiger partial charge in [0, 0.05) is 24.8 Å². The molecule has 2 N–H and O–H groups in total. The van der Waals surface area contributed by atoms with Crippen molar-refractivity contribution in [2.45, 2.75) is 13.1 Å². The topological polar surface area (TPSA) is 89.3 Å². The van der Waals surface area contributed by atoms with E-state index in [1.807, 2.05) is 25.1 Å². The number of carbonyl (C=O) groups excluding carboxylic acids is 1. The number of benzene rings is 2.